The van der Waals surface area contributed by atoms with Crippen molar-refractivity contribution in [3.63, 3.8) is 0 Å². The van der Waals surface area contributed by atoms with Crippen LogP contribution in [-0.4, -0.2) is 22.0 Å². The first-order valence-corrected chi connectivity index (χ1v) is 5.99. The van der Waals surface area contributed by atoms with Crippen LogP contribution in [0.4, 0.5) is 5.82 Å². The van der Waals surface area contributed by atoms with Gasteiger partial charge in [0.15, 0.2) is 5.82 Å². The number of nitrogens with one attached hydrogen (secondary N) is 2. The molecule has 2 heterocycles. The van der Waals surface area contributed by atoms with Crippen LogP contribution in [0.25, 0.3) is 0 Å². The summed E-state index contributed by atoms with van der Waals surface area (Å²) in [6, 6.07) is 0.708. The second kappa shape index (κ2) is 2.94. The number of aromatic amines is 1. The number of hydrogen-bond acceptors (Lipinski definition) is 3. The van der Waals surface area contributed by atoms with E-state index in [9.17, 15) is 0 Å². The highest BCUT2D eigenvalue weighted by Crippen LogP contribution is 2.31. The van der Waals surface area contributed by atoms with Gasteiger partial charge >= 0.3 is 0 Å². The molecule has 1 aliphatic carbocycles. The van der Waals surface area contributed by atoms with Crippen LogP contribution in [0, 0.1) is 0 Å². The summed E-state index contributed by atoms with van der Waals surface area (Å²) in [5, 5.41) is 10.9. The Bertz CT molecular complexity index is 317. The Kier molecular flexibility index (Phi) is 1.75. The third-order valence-electron chi connectivity index (χ3n) is 2.61. The van der Waals surface area contributed by atoms with E-state index in [2.05, 4.69) is 15.5 Å². The van der Waals surface area contributed by atoms with E-state index in [1.54, 1.807) is 0 Å². The Morgan fingerprint density at radius 3 is 3.23 bits per heavy atom. The molecule has 0 radical (unpaired) electrons. The maximum Gasteiger partial charge on any atom is 0.152 e. The topological polar surface area (TPSA) is 40.7 Å². The van der Waals surface area contributed by atoms with Crippen LogP contribution in [0.3, 0.4) is 0 Å². The molecule has 0 atom stereocenters. The van der Waals surface area contributed by atoms with Crippen molar-refractivity contribution < 1.29 is 0 Å². The van der Waals surface area contributed by atoms with E-state index in [1.807, 2.05) is 11.8 Å². The third-order valence-corrected chi connectivity index (χ3v) is 3.60. The van der Waals surface area contributed by atoms with Crippen LogP contribution in [-0.2, 0) is 12.2 Å². The van der Waals surface area contributed by atoms with E-state index in [0.717, 1.165) is 18.0 Å². The van der Waals surface area contributed by atoms with E-state index in [4.69, 9.17) is 0 Å². The smallest absolute Gasteiger partial charge is 0.152 e. The first kappa shape index (κ1) is 7.74. The van der Waals surface area contributed by atoms with Gasteiger partial charge in [-0.1, -0.05) is 0 Å². The summed E-state index contributed by atoms with van der Waals surface area (Å²) in [5.41, 5.74) is 2.77. The lowest BCUT2D eigenvalue weighted by molar-refractivity contribution is 0.963. The lowest BCUT2D eigenvalue weighted by Crippen LogP contribution is -2.06. The van der Waals surface area contributed by atoms with E-state index in [0.29, 0.717) is 6.04 Å². The van der Waals surface area contributed by atoms with Gasteiger partial charge in [0.05, 0.1) is 0 Å². The van der Waals surface area contributed by atoms with Gasteiger partial charge in [-0.3, -0.25) is 5.10 Å². The van der Waals surface area contributed by atoms with Crippen molar-refractivity contribution in [3.8, 4) is 0 Å². The monoisotopic (exact) mass is 195 g/mol. The summed E-state index contributed by atoms with van der Waals surface area (Å²) in [4.78, 5) is 0. The molecular formula is C9H13N3S. The molecule has 1 saturated carbocycles. The largest absolute Gasteiger partial charge is 0.366 e. The summed E-state index contributed by atoms with van der Waals surface area (Å²) < 4.78 is 0. The Balaban J connectivity index is 1.86. The van der Waals surface area contributed by atoms with Gasteiger partial charge in [0.1, 0.15) is 0 Å². The van der Waals surface area contributed by atoms with Gasteiger partial charge in [-0.25, -0.2) is 0 Å². The highest BCUT2D eigenvalue weighted by Gasteiger charge is 2.25. The number of aromatic nitrogens is 2. The number of fused-ring (bicyclic) bond motifs is 1. The van der Waals surface area contributed by atoms with Gasteiger partial charge in [0.2, 0.25) is 0 Å². The first-order chi connectivity index (χ1) is 6.43. The van der Waals surface area contributed by atoms with Crippen molar-refractivity contribution in [1.29, 1.82) is 0 Å². The van der Waals surface area contributed by atoms with Crippen molar-refractivity contribution >= 4 is 17.6 Å². The van der Waals surface area contributed by atoms with Gasteiger partial charge in [-0.15, -0.1) is 0 Å². The van der Waals surface area contributed by atoms with Crippen LogP contribution in [0.2, 0.25) is 0 Å². The Morgan fingerprint density at radius 1 is 1.46 bits per heavy atom. The fourth-order valence-electron chi connectivity index (χ4n) is 1.65. The second-order valence-corrected chi connectivity index (χ2v) is 4.86. The van der Waals surface area contributed by atoms with Crippen LogP contribution in [0.15, 0.2) is 0 Å². The number of H-pyrrole nitrogens is 1. The molecule has 1 aromatic rings. The minimum Gasteiger partial charge on any atom is -0.366 e. The minimum atomic E-state index is 0.708. The molecule has 13 heavy (non-hydrogen) atoms. The standard InChI is InChI=1S/C9H13N3S/c1-2-6(1)10-9-7-5-13-4-3-8(7)11-12-9/h6H,1-5H2,(H2,10,11,12). The zero-order valence-electron chi connectivity index (χ0n) is 7.47. The predicted molar refractivity (Wildman–Crippen MR) is 55.1 cm³/mol. The van der Waals surface area contributed by atoms with Gasteiger partial charge in [-0.2, -0.15) is 16.9 Å². The molecule has 2 aliphatic rings. The normalized spacial score (nSPS) is 21.2. The quantitative estimate of drug-likeness (QED) is 0.755. The van der Waals surface area contributed by atoms with Crippen LogP contribution in [0.5, 0.6) is 0 Å². The minimum absolute atomic E-state index is 0.708. The van der Waals surface area contributed by atoms with Gasteiger partial charge in [0, 0.05) is 23.1 Å². The summed E-state index contributed by atoms with van der Waals surface area (Å²) >= 11 is 2.00. The van der Waals surface area contributed by atoms with E-state index in [-0.39, 0.29) is 0 Å². The molecule has 2 N–H and O–H groups in total. The molecule has 1 fully saturated rings. The molecule has 70 valence electrons. The van der Waals surface area contributed by atoms with Crippen molar-refractivity contribution in [3.05, 3.63) is 11.3 Å². The lowest BCUT2D eigenvalue weighted by Gasteiger charge is -2.11. The first-order valence-electron chi connectivity index (χ1n) is 4.84. The van der Waals surface area contributed by atoms with Crippen molar-refractivity contribution in [2.24, 2.45) is 0 Å². The lowest BCUT2D eigenvalue weighted by atomic mass is 10.2. The number of hydrogen-bond donors (Lipinski definition) is 2. The molecule has 0 saturated heterocycles. The third kappa shape index (κ3) is 1.43. The average molecular weight is 195 g/mol. The Labute approximate surface area is 81.7 Å². The predicted octanol–water partition coefficient (Wildman–Crippen LogP) is 1.77. The number of anilines is 1. The van der Waals surface area contributed by atoms with Crippen LogP contribution >= 0.6 is 11.8 Å². The summed E-state index contributed by atoms with van der Waals surface area (Å²) in [5.74, 6) is 3.48. The molecule has 3 rings (SSSR count). The fraction of sp³-hybridized carbons (Fsp3) is 0.667. The van der Waals surface area contributed by atoms with E-state index < -0.39 is 0 Å². The molecule has 1 aliphatic heterocycles. The highest BCUT2D eigenvalue weighted by atomic mass is 32.2. The summed E-state index contributed by atoms with van der Waals surface area (Å²) in [7, 11) is 0. The van der Waals surface area contributed by atoms with Crippen LogP contribution < -0.4 is 5.32 Å². The van der Waals surface area contributed by atoms with Crippen molar-refractivity contribution in [2.75, 3.05) is 11.1 Å². The molecule has 3 nitrogen and oxygen atoms in total. The molecule has 0 amide bonds. The molecule has 0 spiro atoms. The number of aryl methyl sites for hydroxylation is 1. The molecule has 0 aromatic carbocycles. The highest BCUT2D eigenvalue weighted by molar-refractivity contribution is 7.98. The maximum absolute atomic E-state index is 4.33. The number of thioether (sulfide) groups is 1. The van der Waals surface area contributed by atoms with Crippen molar-refractivity contribution in [1.82, 2.24) is 10.2 Å². The fourth-order valence-corrected chi connectivity index (χ4v) is 2.66. The molecule has 0 bridgehead atoms. The molecule has 1 aromatic heterocycles. The second-order valence-electron chi connectivity index (χ2n) is 3.75. The van der Waals surface area contributed by atoms with Gasteiger partial charge < -0.3 is 5.32 Å². The van der Waals surface area contributed by atoms with Gasteiger partial charge in [-0.05, 0) is 25.0 Å². The van der Waals surface area contributed by atoms with Crippen LogP contribution in [0.1, 0.15) is 24.1 Å². The van der Waals surface area contributed by atoms with Gasteiger partial charge in [0.25, 0.3) is 0 Å². The van der Waals surface area contributed by atoms with E-state index in [1.165, 1.54) is 29.9 Å². The Morgan fingerprint density at radius 2 is 2.38 bits per heavy atom. The molecular weight excluding hydrogens is 182 g/mol. The summed E-state index contributed by atoms with van der Waals surface area (Å²) in [6.45, 7) is 0. The average Bonchev–Trinajstić information content (AvgIpc) is 2.88. The molecule has 4 heteroatoms. The summed E-state index contributed by atoms with van der Waals surface area (Å²) in [6.07, 6.45) is 3.78. The zero-order valence-corrected chi connectivity index (χ0v) is 8.28. The maximum atomic E-state index is 4.33. The number of rotatable bonds is 2. The SMILES string of the molecule is C1Cc2[nH]nc(NC3CC3)c2CS1. The Hall–Kier alpha value is -0.640. The zero-order chi connectivity index (χ0) is 8.67. The van der Waals surface area contributed by atoms with Crippen molar-refractivity contribution in [2.45, 2.75) is 31.1 Å². The van der Waals surface area contributed by atoms with E-state index >= 15 is 0 Å². The molecule has 0 unspecified atom stereocenters. The number of nitrogens with zero attached hydrogens (tertiary/aromatic N) is 1.